The van der Waals surface area contributed by atoms with Crippen LogP contribution in [0, 0.1) is 0 Å². The van der Waals surface area contributed by atoms with Gasteiger partial charge in [-0.1, -0.05) is 141 Å². The van der Waals surface area contributed by atoms with Crippen LogP contribution in [0.25, 0.3) is 33.1 Å². The highest BCUT2D eigenvalue weighted by molar-refractivity contribution is 7.00. The first kappa shape index (κ1) is 39.2. The summed E-state index contributed by atoms with van der Waals surface area (Å²) in [5.41, 5.74) is 19.9. The second-order valence-electron chi connectivity index (χ2n) is 19.5. The number of anilines is 6. The maximum atomic E-state index is 6.30. The topological polar surface area (TPSA) is 19.6 Å². The highest BCUT2D eigenvalue weighted by atomic mass is 16.3. The maximum absolute atomic E-state index is 6.30. The monoisotopic (exact) mass is 796 g/mol. The van der Waals surface area contributed by atoms with Crippen LogP contribution >= 0.6 is 0 Å². The number of para-hydroxylation sites is 1. The summed E-state index contributed by atoms with van der Waals surface area (Å²) in [5.74, 6) is 0. The zero-order valence-electron chi connectivity index (χ0n) is 37.4. The number of furan rings is 1. The third-order valence-electron chi connectivity index (χ3n) is 14.9. The molecule has 8 aromatic rings. The second-order valence-corrected chi connectivity index (χ2v) is 19.5. The largest absolute Gasteiger partial charge is 0.456 e. The third kappa shape index (κ3) is 6.24. The van der Waals surface area contributed by atoms with E-state index >= 15 is 0 Å². The van der Waals surface area contributed by atoms with Crippen LogP contribution in [0.1, 0.15) is 98.3 Å². The van der Waals surface area contributed by atoms with E-state index in [0.717, 1.165) is 58.0 Å². The molecule has 10 rings (SSSR count). The van der Waals surface area contributed by atoms with Crippen molar-refractivity contribution in [2.75, 3.05) is 9.80 Å². The molecule has 3 heterocycles. The number of rotatable bonds is 9. The quantitative estimate of drug-likeness (QED) is 0.136. The summed E-state index contributed by atoms with van der Waals surface area (Å²) in [6.07, 6.45) is 3.22. The lowest BCUT2D eigenvalue weighted by Crippen LogP contribution is -2.61. The van der Waals surface area contributed by atoms with Gasteiger partial charge in [0, 0.05) is 44.9 Å². The van der Waals surface area contributed by atoms with Gasteiger partial charge in [-0.15, -0.1) is 0 Å². The van der Waals surface area contributed by atoms with Crippen molar-refractivity contribution in [2.45, 2.75) is 97.8 Å². The lowest BCUT2D eigenvalue weighted by atomic mass is 9.33. The minimum absolute atomic E-state index is 0.0336. The molecule has 0 N–H and O–H groups in total. The van der Waals surface area contributed by atoms with Crippen molar-refractivity contribution in [3.63, 3.8) is 0 Å². The minimum atomic E-state index is 0.0336. The highest BCUT2D eigenvalue weighted by Crippen LogP contribution is 2.46. The van der Waals surface area contributed by atoms with Crippen molar-refractivity contribution in [3.8, 4) is 11.1 Å². The van der Waals surface area contributed by atoms with E-state index in [2.05, 4.69) is 206 Å². The number of hydrogen-bond donors (Lipinski definition) is 0. The zero-order valence-corrected chi connectivity index (χ0v) is 37.4. The molecular weight excluding hydrogens is 739 g/mol. The molecule has 0 saturated heterocycles. The molecule has 0 unspecified atom stereocenters. The molecule has 0 aliphatic carbocycles. The summed E-state index contributed by atoms with van der Waals surface area (Å²) in [4.78, 5) is 5.06. The molecule has 0 bridgehead atoms. The summed E-state index contributed by atoms with van der Waals surface area (Å²) in [6.45, 7) is 21.2. The molecule has 7 aromatic carbocycles. The Bertz CT molecular complexity index is 2970. The minimum Gasteiger partial charge on any atom is -0.456 e. The van der Waals surface area contributed by atoms with Crippen molar-refractivity contribution in [1.29, 1.82) is 0 Å². The molecule has 2 aliphatic heterocycles. The second kappa shape index (κ2) is 14.3. The normalized spacial score (nSPS) is 13.8. The Kier molecular flexibility index (Phi) is 9.18. The molecule has 3 nitrogen and oxygen atoms in total. The predicted molar refractivity (Wildman–Crippen MR) is 263 cm³/mol. The average molecular weight is 797 g/mol. The van der Waals surface area contributed by atoms with Crippen molar-refractivity contribution < 1.29 is 4.42 Å². The van der Waals surface area contributed by atoms with Gasteiger partial charge in [0.1, 0.15) is 11.2 Å². The number of nitrogens with zero attached hydrogens (tertiary/aromatic N) is 2. The molecule has 304 valence electrons. The molecule has 0 amide bonds. The Hall–Kier alpha value is -6.00. The molecule has 0 atom stereocenters. The van der Waals surface area contributed by atoms with Crippen LogP contribution in [0.3, 0.4) is 0 Å². The van der Waals surface area contributed by atoms with E-state index in [1.807, 2.05) is 12.1 Å². The first-order chi connectivity index (χ1) is 29.3. The average Bonchev–Trinajstić information content (AvgIpc) is 3.66. The van der Waals surface area contributed by atoms with Gasteiger partial charge in [0.15, 0.2) is 0 Å². The Morgan fingerprint density at radius 2 is 0.902 bits per heavy atom. The van der Waals surface area contributed by atoms with Crippen LogP contribution in [0.15, 0.2) is 150 Å². The van der Waals surface area contributed by atoms with Crippen LogP contribution in [0.5, 0.6) is 0 Å². The fourth-order valence-corrected chi connectivity index (χ4v) is 9.72. The smallest absolute Gasteiger partial charge is 0.252 e. The van der Waals surface area contributed by atoms with Gasteiger partial charge in [0.25, 0.3) is 6.71 Å². The van der Waals surface area contributed by atoms with Gasteiger partial charge in [-0.25, -0.2) is 0 Å². The van der Waals surface area contributed by atoms with E-state index in [4.69, 9.17) is 4.42 Å². The third-order valence-corrected chi connectivity index (χ3v) is 14.9. The van der Waals surface area contributed by atoms with Gasteiger partial charge < -0.3 is 14.2 Å². The molecule has 0 fully saturated rings. The van der Waals surface area contributed by atoms with Crippen molar-refractivity contribution in [3.05, 3.63) is 162 Å². The van der Waals surface area contributed by atoms with Gasteiger partial charge in [0.2, 0.25) is 0 Å². The lowest BCUT2D eigenvalue weighted by Gasteiger charge is -2.45. The van der Waals surface area contributed by atoms with Crippen molar-refractivity contribution in [1.82, 2.24) is 0 Å². The molecular formula is C57H57BN2O. The van der Waals surface area contributed by atoms with E-state index in [1.54, 1.807) is 0 Å². The van der Waals surface area contributed by atoms with Crippen LogP contribution in [-0.2, 0) is 16.2 Å². The Morgan fingerprint density at radius 1 is 0.426 bits per heavy atom. The van der Waals surface area contributed by atoms with Crippen LogP contribution in [-0.4, -0.2) is 6.71 Å². The van der Waals surface area contributed by atoms with Gasteiger partial charge >= 0.3 is 0 Å². The first-order valence-corrected chi connectivity index (χ1v) is 22.5. The standard InChI is InChI=1S/C57H57BN2O/c1-10-55(4,5)39-23-29-43(30-24-39)60-49-33-26-41(57(8,9)12-3)36-47(49)58-46-35-40(56(6,7)11-2)25-32-48(46)59(50-17-15-18-51(60)54(50)58)42-27-20-37(21-28-42)38-22-31-45-44-16-13-14-19-52(44)61-53(45)34-38/h13-36H,10-12H2,1-9H3. The lowest BCUT2D eigenvalue weighted by molar-refractivity contribution is 0.506. The highest BCUT2D eigenvalue weighted by Gasteiger charge is 2.44. The zero-order chi connectivity index (χ0) is 42.4. The van der Waals surface area contributed by atoms with Crippen LogP contribution < -0.4 is 26.2 Å². The number of fused-ring (bicyclic) bond motifs is 7. The summed E-state index contributed by atoms with van der Waals surface area (Å²) in [6, 6.07) is 55.1. The Balaban J connectivity index is 1.17. The molecule has 4 heteroatoms. The maximum Gasteiger partial charge on any atom is 0.252 e. The van der Waals surface area contributed by atoms with E-state index < -0.39 is 0 Å². The summed E-state index contributed by atoms with van der Waals surface area (Å²) in [5, 5.41) is 2.30. The molecule has 0 radical (unpaired) electrons. The van der Waals surface area contributed by atoms with E-state index in [0.29, 0.717) is 0 Å². The van der Waals surface area contributed by atoms with Crippen LogP contribution in [0.2, 0.25) is 0 Å². The fourth-order valence-electron chi connectivity index (χ4n) is 9.72. The van der Waals surface area contributed by atoms with Crippen molar-refractivity contribution >= 4 is 79.2 Å². The molecule has 0 saturated carbocycles. The summed E-state index contributed by atoms with van der Waals surface area (Å²) < 4.78 is 6.30. The van der Waals surface area contributed by atoms with Crippen molar-refractivity contribution in [2.24, 2.45) is 0 Å². The Morgan fingerprint density at radius 3 is 1.46 bits per heavy atom. The molecule has 2 aliphatic rings. The fraction of sp³-hybridized carbons (Fsp3) is 0.263. The van der Waals surface area contributed by atoms with Crippen LogP contribution in [0.4, 0.5) is 34.1 Å². The number of benzene rings is 7. The SMILES string of the molecule is CCC(C)(C)c1ccc(N2c3ccc(C(C)(C)CC)cc3B3c4cc(C(C)(C)CC)ccc4N(c4ccc(-c5ccc6c(c5)oc5ccccc56)cc4)c4cccc2c43)cc1. The van der Waals surface area contributed by atoms with E-state index in [9.17, 15) is 0 Å². The first-order valence-electron chi connectivity index (χ1n) is 22.5. The van der Waals surface area contributed by atoms with E-state index in [1.165, 1.54) is 61.5 Å². The van der Waals surface area contributed by atoms with Gasteiger partial charge in [-0.05, 0) is 146 Å². The summed E-state index contributed by atoms with van der Waals surface area (Å²) >= 11 is 0. The molecule has 1 aromatic heterocycles. The predicted octanol–water partition coefficient (Wildman–Crippen LogP) is 14.4. The van der Waals surface area contributed by atoms with Gasteiger partial charge in [0.05, 0.1) is 0 Å². The molecule has 0 spiro atoms. The number of hydrogen-bond acceptors (Lipinski definition) is 3. The summed E-state index contributed by atoms with van der Waals surface area (Å²) in [7, 11) is 0. The molecule has 61 heavy (non-hydrogen) atoms. The van der Waals surface area contributed by atoms with Gasteiger partial charge in [-0.2, -0.15) is 0 Å². The van der Waals surface area contributed by atoms with E-state index in [-0.39, 0.29) is 23.0 Å². The van der Waals surface area contributed by atoms with Gasteiger partial charge in [-0.3, -0.25) is 0 Å². The Labute approximate surface area is 363 Å².